The monoisotopic (exact) mass is 291 g/mol. The van der Waals surface area contributed by atoms with Crippen LogP contribution in [-0.4, -0.2) is 29.4 Å². The first-order valence-corrected chi connectivity index (χ1v) is 6.82. The van der Waals surface area contributed by atoms with Crippen LogP contribution in [0.4, 0.5) is 11.6 Å². The third kappa shape index (κ3) is 2.18. The first-order chi connectivity index (χ1) is 10.8. The highest BCUT2D eigenvalue weighted by Crippen LogP contribution is 2.22. The summed E-state index contributed by atoms with van der Waals surface area (Å²) in [6.45, 7) is 0. The van der Waals surface area contributed by atoms with Crippen LogP contribution in [-0.2, 0) is 7.05 Å². The Labute approximate surface area is 126 Å². The number of hydrogen-bond donors (Lipinski definition) is 1. The quantitative estimate of drug-likeness (QED) is 0.627. The maximum Gasteiger partial charge on any atom is 0.247 e. The van der Waals surface area contributed by atoms with E-state index < -0.39 is 0 Å². The molecule has 0 bridgehead atoms. The third-order valence-electron chi connectivity index (χ3n) is 3.26. The number of fused-ring (bicyclic) bond motifs is 1. The highest BCUT2D eigenvalue weighted by Gasteiger charge is 2.12. The SMILES string of the molecule is Cn1cc(-c2nccn3nc(Nc4ccccc4)nc23)cn1. The maximum absolute atomic E-state index is 4.53. The van der Waals surface area contributed by atoms with Crippen LogP contribution >= 0.6 is 0 Å². The fourth-order valence-electron chi connectivity index (χ4n) is 2.27. The highest BCUT2D eigenvalue weighted by molar-refractivity contribution is 5.73. The Morgan fingerprint density at radius 1 is 1.14 bits per heavy atom. The van der Waals surface area contributed by atoms with Crippen molar-refractivity contribution in [3.05, 3.63) is 55.1 Å². The lowest BCUT2D eigenvalue weighted by Crippen LogP contribution is -1.93. The Morgan fingerprint density at radius 3 is 2.77 bits per heavy atom. The number of anilines is 2. The fraction of sp³-hybridized carbons (Fsp3) is 0.0667. The number of aryl methyl sites for hydroxylation is 1. The Kier molecular flexibility index (Phi) is 2.82. The van der Waals surface area contributed by atoms with Crippen LogP contribution in [0.2, 0.25) is 0 Å². The zero-order chi connectivity index (χ0) is 14.9. The molecule has 3 aromatic heterocycles. The van der Waals surface area contributed by atoms with Crippen molar-refractivity contribution in [3.63, 3.8) is 0 Å². The van der Waals surface area contributed by atoms with Crippen molar-refractivity contribution in [2.45, 2.75) is 0 Å². The minimum absolute atomic E-state index is 0.532. The van der Waals surface area contributed by atoms with E-state index in [4.69, 9.17) is 0 Å². The van der Waals surface area contributed by atoms with E-state index in [1.807, 2.05) is 43.6 Å². The minimum Gasteiger partial charge on any atom is -0.323 e. The molecule has 22 heavy (non-hydrogen) atoms. The van der Waals surface area contributed by atoms with Crippen molar-refractivity contribution in [2.24, 2.45) is 7.05 Å². The molecular weight excluding hydrogens is 278 g/mol. The molecule has 0 aliphatic heterocycles. The first kappa shape index (κ1) is 12.5. The van der Waals surface area contributed by atoms with Crippen molar-refractivity contribution >= 4 is 17.3 Å². The van der Waals surface area contributed by atoms with Crippen LogP contribution < -0.4 is 5.32 Å². The summed E-state index contributed by atoms with van der Waals surface area (Å²) in [6, 6.07) is 9.81. The van der Waals surface area contributed by atoms with Crippen molar-refractivity contribution in [2.75, 3.05) is 5.32 Å². The molecule has 0 radical (unpaired) electrons. The van der Waals surface area contributed by atoms with Gasteiger partial charge in [-0.1, -0.05) is 18.2 Å². The molecule has 0 aliphatic carbocycles. The van der Waals surface area contributed by atoms with Gasteiger partial charge in [-0.05, 0) is 12.1 Å². The van der Waals surface area contributed by atoms with Crippen molar-refractivity contribution < 1.29 is 0 Å². The fourth-order valence-corrected chi connectivity index (χ4v) is 2.27. The topological polar surface area (TPSA) is 72.9 Å². The summed E-state index contributed by atoms with van der Waals surface area (Å²) in [5.41, 5.74) is 3.29. The summed E-state index contributed by atoms with van der Waals surface area (Å²) in [5.74, 6) is 0.532. The highest BCUT2D eigenvalue weighted by atomic mass is 15.4. The molecule has 3 heterocycles. The van der Waals surface area contributed by atoms with Crippen molar-refractivity contribution in [3.8, 4) is 11.3 Å². The van der Waals surface area contributed by atoms with Gasteiger partial charge in [-0.3, -0.25) is 9.67 Å². The predicted molar refractivity (Wildman–Crippen MR) is 82.7 cm³/mol. The first-order valence-electron chi connectivity index (χ1n) is 6.82. The summed E-state index contributed by atoms with van der Waals surface area (Å²) in [4.78, 5) is 8.94. The van der Waals surface area contributed by atoms with E-state index in [-0.39, 0.29) is 0 Å². The Bertz CT molecular complexity index is 923. The Morgan fingerprint density at radius 2 is 2.00 bits per heavy atom. The number of rotatable bonds is 3. The lowest BCUT2D eigenvalue weighted by molar-refractivity contribution is 0.768. The van der Waals surface area contributed by atoms with Gasteiger partial charge in [-0.25, -0.2) is 4.52 Å². The average molecular weight is 291 g/mol. The van der Waals surface area contributed by atoms with E-state index >= 15 is 0 Å². The summed E-state index contributed by atoms with van der Waals surface area (Å²) in [6.07, 6.45) is 7.15. The third-order valence-corrected chi connectivity index (χ3v) is 3.26. The van der Waals surface area contributed by atoms with Gasteiger partial charge in [-0.2, -0.15) is 10.1 Å². The van der Waals surface area contributed by atoms with Gasteiger partial charge in [-0.15, -0.1) is 5.10 Å². The molecule has 0 spiro atoms. The van der Waals surface area contributed by atoms with Gasteiger partial charge in [0, 0.05) is 36.9 Å². The molecular formula is C15H13N7. The Hall–Kier alpha value is -3.22. The van der Waals surface area contributed by atoms with E-state index in [1.165, 1.54) is 0 Å². The lowest BCUT2D eigenvalue weighted by atomic mass is 10.2. The van der Waals surface area contributed by atoms with Gasteiger partial charge in [0.05, 0.1) is 6.20 Å². The number of nitrogens with zero attached hydrogens (tertiary/aromatic N) is 6. The average Bonchev–Trinajstić information content (AvgIpc) is 3.13. The molecule has 4 aromatic rings. The molecule has 7 nitrogen and oxygen atoms in total. The van der Waals surface area contributed by atoms with Crippen LogP contribution in [0.5, 0.6) is 0 Å². The normalized spacial score (nSPS) is 11.0. The van der Waals surface area contributed by atoms with Crippen LogP contribution in [0.1, 0.15) is 0 Å². The second kappa shape index (κ2) is 4.96. The smallest absolute Gasteiger partial charge is 0.247 e. The number of para-hydroxylation sites is 1. The minimum atomic E-state index is 0.532. The summed E-state index contributed by atoms with van der Waals surface area (Å²) < 4.78 is 3.45. The molecule has 0 amide bonds. The molecule has 1 N–H and O–H groups in total. The molecule has 0 fully saturated rings. The van der Waals surface area contributed by atoms with Crippen LogP contribution in [0.3, 0.4) is 0 Å². The van der Waals surface area contributed by atoms with Crippen LogP contribution in [0.15, 0.2) is 55.1 Å². The van der Waals surface area contributed by atoms with Crippen LogP contribution in [0, 0.1) is 0 Å². The van der Waals surface area contributed by atoms with Gasteiger partial charge in [0.1, 0.15) is 5.69 Å². The zero-order valence-corrected chi connectivity index (χ0v) is 11.9. The number of nitrogens with one attached hydrogen (secondary N) is 1. The molecule has 0 atom stereocenters. The zero-order valence-electron chi connectivity index (χ0n) is 11.9. The van der Waals surface area contributed by atoms with E-state index in [2.05, 4.69) is 25.5 Å². The molecule has 7 heteroatoms. The Balaban J connectivity index is 1.78. The van der Waals surface area contributed by atoms with E-state index in [9.17, 15) is 0 Å². The van der Waals surface area contributed by atoms with Crippen molar-refractivity contribution in [1.82, 2.24) is 29.4 Å². The molecule has 0 unspecified atom stereocenters. The number of aromatic nitrogens is 6. The van der Waals surface area contributed by atoms with Crippen LogP contribution in [0.25, 0.3) is 16.9 Å². The molecule has 0 aliphatic rings. The molecule has 1 aromatic carbocycles. The van der Waals surface area contributed by atoms with Gasteiger partial charge in [0.15, 0.2) is 5.65 Å². The lowest BCUT2D eigenvalue weighted by Gasteiger charge is -1.98. The van der Waals surface area contributed by atoms with E-state index in [0.717, 1.165) is 16.9 Å². The van der Waals surface area contributed by atoms with Gasteiger partial charge in [0.2, 0.25) is 5.95 Å². The number of hydrogen-bond acceptors (Lipinski definition) is 5. The molecule has 0 saturated carbocycles. The molecule has 108 valence electrons. The predicted octanol–water partition coefficient (Wildman–Crippen LogP) is 2.27. The van der Waals surface area contributed by atoms with Crippen molar-refractivity contribution in [1.29, 1.82) is 0 Å². The van der Waals surface area contributed by atoms with Gasteiger partial charge < -0.3 is 5.32 Å². The second-order valence-corrected chi connectivity index (χ2v) is 4.87. The second-order valence-electron chi connectivity index (χ2n) is 4.87. The summed E-state index contributed by atoms with van der Waals surface area (Å²) in [7, 11) is 1.87. The maximum atomic E-state index is 4.53. The standard InChI is InChI=1S/C15H13N7/c1-21-10-11(9-17-21)13-14-19-15(20-22(14)8-7-16-13)18-12-5-3-2-4-6-12/h2-10H,1H3,(H,18,20). The molecule has 4 rings (SSSR count). The number of benzene rings is 1. The van der Waals surface area contributed by atoms with E-state index in [0.29, 0.717) is 11.6 Å². The van der Waals surface area contributed by atoms with Gasteiger partial charge >= 0.3 is 0 Å². The summed E-state index contributed by atoms with van der Waals surface area (Å²) >= 11 is 0. The van der Waals surface area contributed by atoms with Gasteiger partial charge in [0.25, 0.3) is 0 Å². The van der Waals surface area contributed by atoms with E-state index in [1.54, 1.807) is 27.8 Å². The molecule has 0 saturated heterocycles. The summed E-state index contributed by atoms with van der Waals surface area (Å²) in [5, 5.41) is 11.8. The largest absolute Gasteiger partial charge is 0.323 e.